The van der Waals surface area contributed by atoms with Crippen LogP contribution in [0.5, 0.6) is 0 Å². The Balaban J connectivity index is 1.79. The number of imide groups is 1. The predicted octanol–water partition coefficient (Wildman–Crippen LogP) is 0.654. The van der Waals surface area contributed by atoms with E-state index in [1.807, 2.05) is 0 Å². The van der Waals surface area contributed by atoms with Crippen molar-refractivity contribution in [1.29, 1.82) is 0 Å². The molecule has 2 N–H and O–H groups in total. The maximum absolute atomic E-state index is 12.1. The van der Waals surface area contributed by atoms with Gasteiger partial charge in [0.25, 0.3) is 11.8 Å². The largest absolute Gasteiger partial charge is 0.481 e. The highest BCUT2D eigenvalue weighted by atomic mass is 16.4. The SMILES string of the molecule is O=C(O)CCNC(=O)CCCN1C(=O)c2ccccc2C1=O. The first kappa shape index (κ1) is 15.7. The van der Waals surface area contributed by atoms with E-state index in [-0.39, 0.29) is 43.7 Å². The summed E-state index contributed by atoms with van der Waals surface area (Å²) in [4.78, 5) is 47.1. The fraction of sp³-hybridized carbons (Fsp3) is 0.333. The lowest BCUT2D eigenvalue weighted by Crippen LogP contribution is -2.32. The van der Waals surface area contributed by atoms with Crippen LogP contribution in [0, 0.1) is 0 Å². The van der Waals surface area contributed by atoms with Gasteiger partial charge in [0.05, 0.1) is 17.5 Å². The van der Waals surface area contributed by atoms with Crippen molar-refractivity contribution in [3.8, 4) is 0 Å². The molecule has 0 radical (unpaired) electrons. The number of hydrogen-bond donors (Lipinski definition) is 2. The number of carboxylic acids is 1. The average molecular weight is 304 g/mol. The molecule has 0 aliphatic carbocycles. The fourth-order valence-corrected chi connectivity index (χ4v) is 2.24. The number of aliphatic carboxylic acids is 1. The zero-order valence-corrected chi connectivity index (χ0v) is 11.9. The number of rotatable bonds is 7. The number of carbonyl (C=O) groups is 4. The zero-order valence-electron chi connectivity index (χ0n) is 11.9. The van der Waals surface area contributed by atoms with Crippen LogP contribution in [0.4, 0.5) is 0 Å². The van der Waals surface area contributed by atoms with Gasteiger partial charge in [0.1, 0.15) is 0 Å². The van der Waals surface area contributed by atoms with Gasteiger partial charge in [-0.2, -0.15) is 0 Å². The van der Waals surface area contributed by atoms with Crippen LogP contribution in [0.15, 0.2) is 24.3 Å². The van der Waals surface area contributed by atoms with E-state index in [2.05, 4.69) is 5.32 Å². The van der Waals surface area contributed by atoms with Crippen molar-refractivity contribution >= 4 is 23.7 Å². The molecule has 1 aliphatic heterocycles. The Morgan fingerprint density at radius 1 is 1.05 bits per heavy atom. The van der Waals surface area contributed by atoms with Crippen molar-refractivity contribution < 1.29 is 24.3 Å². The van der Waals surface area contributed by atoms with E-state index >= 15 is 0 Å². The third-order valence-electron chi connectivity index (χ3n) is 3.32. The molecule has 0 spiro atoms. The van der Waals surface area contributed by atoms with Crippen LogP contribution in [-0.2, 0) is 9.59 Å². The molecule has 2 rings (SSSR count). The first-order valence-corrected chi connectivity index (χ1v) is 6.94. The van der Waals surface area contributed by atoms with Crippen LogP contribution >= 0.6 is 0 Å². The van der Waals surface area contributed by atoms with Crippen LogP contribution in [0.1, 0.15) is 40.0 Å². The van der Waals surface area contributed by atoms with Gasteiger partial charge in [-0.05, 0) is 18.6 Å². The molecule has 3 amide bonds. The molecule has 0 aromatic heterocycles. The fourth-order valence-electron chi connectivity index (χ4n) is 2.24. The van der Waals surface area contributed by atoms with Crippen molar-refractivity contribution in [3.05, 3.63) is 35.4 Å². The normalized spacial score (nSPS) is 13.2. The summed E-state index contributed by atoms with van der Waals surface area (Å²) in [6, 6.07) is 6.61. The van der Waals surface area contributed by atoms with Crippen molar-refractivity contribution in [1.82, 2.24) is 10.2 Å². The summed E-state index contributed by atoms with van der Waals surface area (Å²) >= 11 is 0. The highest BCUT2D eigenvalue weighted by Gasteiger charge is 2.34. The Kier molecular flexibility index (Phi) is 4.88. The van der Waals surface area contributed by atoms with Gasteiger partial charge in [0.15, 0.2) is 0 Å². The number of nitrogens with zero attached hydrogens (tertiary/aromatic N) is 1. The molecular weight excluding hydrogens is 288 g/mol. The molecule has 7 nitrogen and oxygen atoms in total. The molecule has 7 heteroatoms. The van der Waals surface area contributed by atoms with E-state index in [4.69, 9.17) is 5.11 Å². The van der Waals surface area contributed by atoms with Gasteiger partial charge in [0.2, 0.25) is 5.91 Å². The lowest BCUT2D eigenvalue weighted by molar-refractivity contribution is -0.136. The van der Waals surface area contributed by atoms with E-state index in [0.717, 1.165) is 4.90 Å². The first-order chi connectivity index (χ1) is 10.5. The van der Waals surface area contributed by atoms with Crippen LogP contribution in [0.2, 0.25) is 0 Å². The Hall–Kier alpha value is -2.70. The van der Waals surface area contributed by atoms with Crippen molar-refractivity contribution in [2.75, 3.05) is 13.1 Å². The highest BCUT2D eigenvalue weighted by molar-refractivity contribution is 6.21. The van der Waals surface area contributed by atoms with Crippen molar-refractivity contribution in [2.45, 2.75) is 19.3 Å². The maximum Gasteiger partial charge on any atom is 0.305 e. The summed E-state index contributed by atoms with van der Waals surface area (Å²) in [5.41, 5.74) is 0.775. The summed E-state index contributed by atoms with van der Waals surface area (Å²) in [5, 5.41) is 10.9. The second kappa shape index (κ2) is 6.84. The number of benzene rings is 1. The Morgan fingerprint density at radius 3 is 2.18 bits per heavy atom. The van der Waals surface area contributed by atoms with Crippen LogP contribution in [-0.4, -0.2) is 46.8 Å². The summed E-state index contributed by atoms with van der Waals surface area (Å²) in [5.74, 6) is -1.96. The minimum Gasteiger partial charge on any atom is -0.481 e. The molecule has 1 aromatic carbocycles. The average Bonchev–Trinajstić information content (AvgIpc) is 2.72. The third kappa shape index (κ3) is 3.49. The second-order valence-corrected chi connectivity index (χ2v) is 4.90. The number of carbonyl (C=O) groups excluding carboxylic acids is 3. The molecule has 1 aromatic rings. The quantitative estimate of drug-likeness (QED) is 0.720. The van der Waals surface area contributed by atoms with Gasteiger partial charge in [-0.25, -0.2) is 0 Å². The molecule has 1 aliphatic rings. The van der Waals surface area contributed by atoms with Crippen LogP contribution < -0.4 is 5.32 Å². The Labute approximate surface area is 126 Å². The maximum atomic E-state index is 12.1. The highest BCUT2D eigenvalue weighted by Crippen LogP contribution is 2.22. The molecule has 0 unspecified atom stereocenters. The van der Waals surface area contributed by atoms with Crippen LogP contribution in [0.25, 0.3) is 0 Å². The van der Waals surface area contributed by atoms with E-state index in [9.17, 15) is 19.2 Å². The third-order valence-corrected chi connectivity index (χ3v) is 3.32. The van der Waals surface area contributed by atoms with E-state index in [1.54, 1.807) is 24.3 Å². The number of amides is 3. The Morgan fingerprint density at radius 2 is 1.64 bits per heavy atom. The Bertz CT molecular complexity index is 591. The lowest BCUT2D eigenvalue weighted by Gasteiger charge is -2.13. The molecule has 22 heavy (non-hydrogen) atoms. The smallest absolute Gasteiger partial charge is 0.305 e. The molecule has 0 saturated carbocycles. The van der Waals surface area contributed by atoms with Crippen molar-refractivity contribution in [2.24, 2.45) is 0 Å². The molecule has 0 bridgehead atoms. The molecule has 1 heterocycles. The summed E-state index contributed by atoms with van der Waals surface area (Å²) < 4.78 is 0. The van der Waals surface area contributed by atoms with Gasteiger partial charge in [-0.15, -0.1) is 0 Å². The topological polar surface area (TPSA) is 104 Å². The second-order valence-electron chi connectivity index (χ2n) is 4.90. The van der Waals surface area contributed by atoms with Gasteiger partial charge >= 0.3 is 5.97 Å². The van der Waals surface area contributed by atoms with Crippen molar-refractivity contribution in [3.63, 3.8) is 0 Å². The van der Waals surface area contributed by atoms with Gasteiger partial charge in [0, 0.05) is 19.5 Å². The molecule has 116 valence electrons. The minimum absolute atomic E-state index is 0.0706. The minimum atomic E-state index is -0.980. The standard InChI is InChI=1S/C15H16N2O5/c18-12(16-8-7-13(19)20)6-3-9-17-14(21)10-4-1-2-5-11(10)15(17)22/h1-2,4-5H,3,6-9H2,(H,16,18)(H,19,20). The first-order valence-electron chi connectivity index (χ1n) is 6.94. The summed E-state index contributed by atoms with van der Waals surface area (Å²) in [6.07, 6.45) is 0.335. The van der Waals surface area contributed by atoms with E-state index < -0.39 is 5.97 Å². The molecule has 0 fully saturated rings. The number of nitrogens with one attached hydrogen (secondary N) is 1. The van der Waals surface area contributed by atoms with Gasteiger partial charge < -0.3 is 10.4 Å². The lowest BCUT2D eigenvalue weighted by atomic mass is 10.1. The summed E-state index contributed by atoms with van der Waals surface area (Å²) in [7, 11) is 0. The van der Waals surface area contributed by atoms with E-state index in [0.29, 0.717) is 17.5 Å². The van der Waals surface area contributed by atoms with Gasteiger partial charge in [-0.1, -0.05) is 12.1 Å². The number of hydrogen-bond acceptors (Lipinski definition) is 4. The number of carboxylic acid groups (broad SMARTS) is 1. The zero-order chi connectivity index (χ0) is 16.1. The number of fused-ring (bicyclic) bond motifs is 1. The molecule has 0 atom stereocenters. The van der Waals surface area contributed by atoms with Crippen LogP contribution in [0.3, 0.4) is 0 Å². The summed E-state index contributed by atoms with van der Waals surface area (Å²) in [6.45, 7) is 0.236. The molecular formula is C15H16N2O5. The van der Waals surface area contributed by atoms with E-state index in [1.165, 1.54) is 0 Å². The molecule has 0 saturated heterocycles. The predicted molar refractivity (Wildman–Crippen MR) is 76.3 cm³/mol. The van der Waals surface area contributed by atoms with Gasteiger partial charge in [-0.3, -0.25) is 24.1 Å². The monoisotopic (exact) mass is 304 g/mol.